The van der Waals surface area contributed by atoms with Gasteiger partial charge in [-0.25, -0.2) is 0 Å². The normalized spacial score (nSPS) is 22.1. The highest BCUT2D eigenvalue weighted by Gasteiger charge is 2.53. The van der Waals surface area contributed by atoms with Gasteiger partial charge in [0.1, 0.15) is 6.04 Å². The van der Waals surface area contributed by atoms with Crippen molar-refractivity contribution in [2.75, 3.05) is 33.2 Å². The number of nitrogens with one attached hydrogen (secondary N) is 2. The van der Waals surface area contributed by atoms with E-state index in [1.165, 1.54) is 5.56 Å². The van der Waals surface area contributed by atoms with Crippen LogP contribution in [0.4, 0.5) is 0 Å². The number of amides is 3. The molecule has 0 aliphatic carbocycles. The van der Waals surface area contributed by atoms with Crippen molar-refractivity contribution in [2.45, 2.75) is 31.8 Å². The van der Waals surface area contributed by atoms with E-state index >= 15 is 0 Å². The van der Waals surface area contributed by atoms with Crippen LogP contribution >= 0.6 is 0 Å². The number of hydrogen-bond acceptors (Lipinski definition) is 4. The van der Waals surface area contributed by atoms with Gasteiger partial charge < -0.3 is 20.4 Å². The van der Waals surface area contributed by atoms with Gasteiger partial charge in [0, 0.05) is 31.7 Å². The average molecular weight is 449 g/mol. The van der Waals surface area contributed by atoms with Crippen LogP contribution in [0.5, 0.6) is 0 Å². The predicted molar refractivity (Wildman–Crippen MR) is 126 cm³/mol. The molecule has 0 radical (unpaired) electrons. The van der Waals surface area contributed by atoms with Gasteiger partial charge >= 0.3 is 0 Å². The number of benzene rings is 2. The molecule has 3 amide bonds. The summed E-state index contributed by atoms with van der Waals surface area (Å²) in [5.41, 5.74) is 1.22. The van der Waals surface area contributed by atoms with E-state index in [9.17, 15) is 14.4 Å². The van der Waals surface area contributed by atoms with E-state index in [1.54, 1.807) is 17.0 Å². The lowest BCUT2D eigenvalue weighted by atomic mass is 9.84. The fourth-order valence-electron chi connectivity index (χ4n) is 4.82. The molecule has 1 spiro atoms. The Morgan fingerprint density at radius 1 is 1.12 bits per heavy atom. The largest absolute Gasteiger partial charge is 0.354 e. The maximum atomic E-state index is 12.8. The maximum Gasteiger partial charge on any atom is 0.253 e. The summed E-state index contributed by atoms with van der Waals surface area (Å²) >= 11 is 0. The topological polar surface area (TPSA) is 81.8 Å². The average Bonchev–Trinajstić information content (AvgIpc) is 3.41. The molecular weight excluding hydrogens is 416 g/mol. The molecule has 2 aliphatic rings. The minimum Gasteiger partial charge on any atom is -0.354 e. The quantitative estimate of drug-likeness (QED) is 0.606. The molecule has 4 rings (SSSR count). The Balaban J connectivity index is 1.22. The first-order valence-electron chi connectivity index (χ1n) is 11.6. The summed E-state index contributed by atoms with van der Waals surface area (Å²) in [6.07, 6.45) is 1.86. The lowest BCUT2D eigenvalue weighted by molar-refractivity contribution is -0.128. The third-order valence-corrected chi connectivity index (χ3v) is 6.67. The van der Waals surface area contributed by atoms with Crippen LogP contribution in [0.1, 0.15) is 35.2 Å². The van der Waals surface area contributed by atoms with Gasteiger partial charge in [-0.2, -0.15) is 0 Å². The zero-order chi connectivity index (χ0) is 23.3. The fraction of sp³-hybridized carbons (Fsp3) is 0.423. The molecule has 0 saturated carbocycles. The van der Waals surface area contributed by atoms with E-state index in [0.29, 0.717) is 38.0 Å². The van der Waals surface area contributed by atoms with Crippen molar-refractivity contribution in [3.05, 3.63) is 71.8 Å². The summed E-state index contributed by atoms with van der Waals surface area (Å²) in [6.45, 7) is 3.20. The molecule has 33 heavy (non-hydrogen) atoms. The molecule has 0 bridgehead atoms. The lowest BCUT2D eigenvalue weighted by Crippen LogP contribution is -2.42. The highest BCUT2D eigenvalue weighted by atomic mass is 16.2. The van der Waals surface area contributed by atoms with Crippen LogP contribution in [0.3, 0.4) is 0 Å². The third-order valence-electron chi connectivity index (χ3n) is 6.67. The van der Waals surface area contributed by atoms with E-state index < -0.39 is 11.5 Å². The van der Waals surface area contributed by atoms with Crippen LogP contribution in [0.15, 0.2) is 60.7 Å². The Labute approximate surface area is 195 Å². The number of likely N-dealkylation sites (tertiary alicyclic amines) is 1. The Morgan fingerprint density at radius 2 is 1.82 bits per heavy atom. The van der Waals surface area contributed by atoms with Crippen molar-refractivity contribution >= 4 is 17.7 Å². The molecule has 2 atom stereocenters. The van der Waals surface area contributed by atoms with Crippen LogP contribution in [-0.2, 0) is 16.1 Å². The first-order chi connectivity index (χ1) is 16.0. The molecular formula is C26H32N4O3. The number of carbonyl (C=O) groups excluding carboxylic acids is 3. The molecule has 2 aliphatic heterocycles. The fourth-order valence-corrected chi connectivity index (χ4v) is 4.82. The van der Waals surface area contributed by atoms with Crippen LogP contribution in [0.25, 0.3) is 0 Å². The standard InChI is InChI=1S/C26H32N4O3/c1-29(18-20-9-4-2-5-10-20)15-8-14-27-23(31)22-17-26(25(33)28-22)13-16-30(19-26)24(32)21-11-6-3-7-12-21/h2-7,9-12,22H,8,13-19H2,1H3,(H,27,31)(H,28,33)/t22-,26+/m0/s1. The van der Waals surface area contributed by atoms with Crippen molar-refractivity contribution in [1.82, 2.24) is 20.4 Å². The van der Waals surface area contributed by atoms with E-state index in [-0.39, 0.29) is 17.7 Å². The lowest BCUT2D eigenvalue weighted by Gasteiger charge is -2.21. The monoisotopic (exact) mass is 448 g/mol. The highest BCUT2D eigenvalue weighted by molar-refractivity contribution is 5.97. The van der Waals surface area contributed by atoms with Gasteiger partial charge in [0.05, 0.1) is 5.41 Å². The van der Waals surface area contributed by atoms with Gasteiger partial charge in [-0.05, 0) is 50.6 Å². The summed E-state index contributed by atoms with van der Waals surface area (Å²) < 4.78 is 0. The van der Waals surface area contributed by atoms with Crippen LogP contribution in [0, 0.1) is 5.41 Å². The minimum absolute atomic E-state index is 0.0622. The molecule has 2 aromatic rings. The minimum atomic E-state index is -0.664. The van der Waals surface area contributed by atoms with Crippen molar-refractivity contribution in [1.29, 1.82) is 0 Å². The van der Waals surface area contributed by atoms with E-state index in [4.69, 9.17) is 0 Å². The number of rotatable bonds is 8. The van der Waals surface area contributed by atoms with Gasteiger partial charge in [-0.15, -0.1) is 0 Å². The molecule has 174 valence electrons. The van der Waals surface area contributed by atoms with E-state index in [2.05, 4.69) is 34.7 Å². The van der Waals surface area contributed by atoms with Crippen LogP contribution in [-0.4, -0.2) is 66.8 Å². The van der Waals surface area contributed by atoms with E-state index in [0.717, 1.165) is 19.5 Å². The van der Waals surface area contributed by atoms with Crippen LogP contribution in [0.2, 0.25) is 0 Å². The zero-order valence-corrected chi connectivity index (χ0v) is 19.1. The molecule has 0 aromatic heterocycles. The Morgan fingerprint density at radius 3 is 2.55 bits per heavy atom. The summed E-state index contributed by atoms with van der Waals surface area (Å²) in [4.78, 5) is 42.2. The van der Waals surface area contributed by atoms with Crippen LogP contribution < -0.4 is 10.6 Å². The van der Waals surface area contributed by atoms with Gasteiger partial charge in [0.2, 0.25) is 11.8 Å². The summed E-state index contributed by atoms with van der Waals surface area (Å²) in [7, 11) is 2.07. The zero-order valence-electron chi connectivity index (χ0n) is 19.1. The molecule has 2 heterocycles. The van der Waals surface area contributed by atoms with Crippen molar-refractivity contribution < 1.29 is 14.4 Å². The van der Waals surface area contributed by atoms with Crippen molar-refractivity contribution in [3.8, 4) is 0 Å². The van der Waals surface area contributed by atoms with Gasteiger partial charge in [0.25, 0.3) is 5.91 Å². The maximum absolute atomic E-state index is 12.8. The Kier molecular flexibility index (Phi) is 7.08. The summed E-state index contributed by atoms with van der Waals surface area (Å²) in [5.74, 6) is -0.319. The van der Waals surface area contributed by atoms with Crippen molar-refractivity contribution in [3.63, 3.8) is 0 Å². The smallest absolute Gasteiger partial charge is 0.253 e. The third kappa shape index (κ3) is 5.42. The number of hydrogen-bond donors (Lipinski definition) is 2. The molecule has 0 unspecified atom stereocenters. The first kappa shape index (κ1) is 23.0. The second-order valence-electron chi connectivity index (χ2n) is 9.22. The molecule has 2 aromatic carbocycles. The van der Waals surface area contributed by atoms with E-state index in [1.807, 2.05) is 36.4 Å². The second kappa shape index (κ2) is 10.2. The molecule has 7 heteroatoms. The molecule has 2 fully saturated rings. The first-order valence-corrected chi connectivity index (χ1v) is 11.6. The molecule has 2 N–H and O–H groups in total. The molecule has 7 nitrogen and oxygen atoms in total. The Hall–Kier alpha value is -3.19. The molecule has 2 saturated heterocycles. The van der Waals surface area contributed by atoms with Gasteiger partial charge in [-0.3, -0.25) is 14.4 Å². The summed E-state index contributed by atoms with van der Waals surface area (Å²) in [6, 6.07) is 18.9. The van der Waals surface area contributed by atoms with Gasteiger partial charge in [-0.1, -0.05) is 48.5 Å². The number of nitrogens with zero attached hydrogens (tertiary/aromatic N) is 2. The Bertz CT molecular complexity index is 982. The second-order valence-corrected chi connectivity index (χ2v) is 9.22. The highest BCUT2D eigenvalue weighted by Crippen LogP contribution is 2.40. The predicted octanol–water partition coefficient (Wildman–Crippen LogP) is 2.05. The van der Waals surface area contributed by atoms with Gasteiger partial charge in [0.15, 0.2) is 0 Å². The summed E-state index contributed by atoms with van der Waals surface area (Å²) in [5, 5.41) is 5.84. The van der Waals surface area contributed by atoms with Crippen molar-refractivity contribution in [2.24, 2.45) is 5.41 Å². The number of carbonyl (C=O) groups is 3. The SMILES string of the molecule is CN(CCCNC(=O)[C@@H]1C[C@@]2(CCN(C(=O)c3ccccc3)C2)C(=O)N1)Cc1ccccc1.